The van der Waals surface area contributed by atoms with Crippen molar-refractivity contribution in [1.82, 2.24) is 34.9 Å². The number of rotatable bonds is 4. The Kier molecular flexibility index (Phi) is 5.52. The number of carbonyl (C=O) groups is 1. The number of ether oxygens (including phenoxy) is 1. The zero-order chi connectivity index (χ0) is 23.3. The van der Waals surface area contributed by atoms with Gasteiger partial charge < -0.3 is 35.9 Å². The number of nitrogen functional groups attached to an aromatic ring is 1. The van der Waals surface area contributed by atoms with E-state index < -0.39 is 30.4 Å². The lowest BCUT2D eigenvalue weighted by atomic mass is 10.00. The van der Waals surface area contributed by atoms with Gasteiger partial charge in [-0.2, -0.15) is 5.10 Å². The zero-order valence-corrected chi connectivity index (χ0v) is 18.4. The van der Waals surface area contributed by atoms with Crippen LogP contribution >= 0.6 is 0 Å². The number of aromatic nitrogens is 5. The Bertz CT molecular complexity index is 1180. The minimum absolute atomic E-state index is 0.0172. The van der Waals surface area contributed by atoms with Crippen LogP contribution in [0, 0.1) is 0 Å². The first-order valence-electron chi connectivity index (χ1n) is 11.0. The van der Waals surface area contributed by atoms with Crippen molar-refractivity contribution in [2.24, 2.45) is 7.05 Å². The van der Waals surface area contributed by atoms with Crippen LogP contribution in [0.2, 0.25) is 0 Å². The summed E-state index contributed by atoms with van der Waals surface area (Å²) in [5.41, 5.74) is 7.86. The van der Waals surface area contributed by atoms with Crippen LogP contribution in [0.4, 0.5) is 5.82 Å². The molecule has 0 spiro atoms. The third-order valence-corrected chi connectivity index (χ3v) is 6.37. The lowest BCUT2D eigenvalue weighted by Gasteiger charge is -2.29. The number of fused-ring (bicyclic) bond motifs is 1. The van der Waals surface area contributed by atoms with Crippen LogP contribution in [0.1, 0.15) is 26.0 Å². The molecular weight excluding hydrogens is 428 g/mol. The molecule has 6 atom stereocenters. The molecule has 3 aromatic rings. The van der Waals surface area contributed by atoms with E-state index in [1.807, 2.05) is 6.07 Å². The van der Waals surface area contributed by atoms with Gasteiger partial charge >= 0.3 is 0 Å². The van der Waals surface area contributed by atoms with E-state index in [1.165, 1.54) is 6.33 Å². The SMILES string of the molecule is C[C@H]1CC(NC(=O)[C@H]2O[C@@H](n3cc(-c4ccn(C)n4)c4c(N)ncnc43)[C@H](O)[C@@H]2O)CCN1. The molecule has 2 aliphatic heterocycles. The Labute approximate surface area is 189 Å². The van der Waals surface area contributed by atoms with Crippen molar-refractivity contribution in [1.29, 1.82) is 0 Å². The number of anilines is 1. The molecule has 176 valence electrons. The maximum absolute atomic E-state index is 12.9. The Hall–Kier alpha value is -3.06. The molecule has 6 N–H and O–H groups in total. The van der Waals surface area contributed by atoms with Gasteiger partial charge in [-0.15, -0.1) is 0 Å². The number of aliphatic hydroxyl groups excluding tert-OH is 2. The number of carbonyl (C=O) groups excluding carboxylic acids is 1. The summed E-state index contributed by atoms with van der Waals surface area (Å²) in [6, 6.07) is 2.09. The molecule has 33 heavy (non-hydrogen) atoms. The second-order valence-electron chi connectivity index (χ2n) is 8.80. The number of piperidine rings is 1. The molecule has 12 heteroatoms. The first-order chi connectivity index (χ1) is 15.8. The molecule has 2 fully saturated rings. The molecular formula is C21H28N8O4. The van der Waals surface area contributed by atoms with E-state index in [1.54, 1.807) is 28.7 Å². The average molecular weight is 457 g/mol. The van der Waals surface area contributed by atoms with E-state index in [0.717, 1.165) is 19.4 Å². The van der Waals surface area contributed by atoms with E-state index >= 15 is 0 Å². The molecule has 1 amide bonds. The van der Waals surface area contributed by atoms with Crippen LogP contribution in [0.25, 0.3) is 22.3 Å². The van der Waals surface area contributed by atoms with Crippen LogP contribution in [0.3, 0.4) is 0 Å². The van der Waals surface area contributed by atoms with E-state index in [-0.39, 0.29) is 11.9 Å². The molecule has 5 rings (SSSR count). The third-order valence-electron chi connectivity index (χ3n) is 6.37. The van der Waals surface area contributed by atoms with Crippen molar-refractivity contribution in [2.45, 2.75) is 56.4 Å². The van der Waals surface area contributed by atoms with Crippen molar-refractivity contribution < 1.29 is 19.7 Å². The summed E-state index contributed by atoms with van der Waals surface area (Å²) in [6.45, 7) is 2.86. The summed E-state index contributed by atoms with van der Waals surface area (Å²) in [6.07, 6.45) is 1.38. The van der Waals surface area contributed by atoms with Crippen LogP contribution in [-0.4, -0.2) is 77.4 Å². The van der Waals surface area contributed by atoms with Gasteiger partial charge in [0.15, 0.2) is 12.3 Å². The molecule has 0 saturated carbocycles. The molecule has 2 saturated heterocycles. The Morgan fingerprint density at radius 3 is 2.88 bits per heavy atom. The van der Waals surface area contributed by atoms with Crippen molar-refractivity contribution >= 4 is 22.8 Å². The molecule has 1 unspecified atom stereocenters. The van der Waals surface area contributed by atoms with Gasteiger partial charge in [0.2, 0.25) is 0 Å². The number of aliphatic hydroxyl groups is 2. The van der Waals surface area contributed by atoms with Crippen LogP contribution < -0.4 is 16.4 Å². The van der Waals surface area contributed by atoms with E-state index in [0.29, 0.717) is 28.3 Å². The highest BCUT2D eigenvalue weighted by molar-refractivity contribution is 5.99. The lowest BCUT2D eigenvalue weighted by molar-refractivity contribution is -0.138. The molecule has 5 heterocycles. The lowest BCUT2D eigenvalue weighted by Crippen LogP contribution is -2.51. The largest absolute Gasteiger partial charge is 0.387 e. The van der Waals surface area contributed by atoms with Gasteiger partial charge in [-0.1, -0.05) is 0 Å². The van der Waals surface area contributed by atoms with E-state index in [4.69, 9.17) is 10.5 Å². The van der Waals surface area contributed by atoms with Gasteiger partial charge in [0.05, 0.1) is 11.1 Å². The number of nitrogens with zero attached hydrogens (tertiary/aromatic N) is 5. The summed E-state index contributed by atoms with van der Waals surface area (Å²) in [5.74, 6) is -0.194. The number of nitrogens with one attached hydrogen (secondary N) is 2. The minimum atomic E-state index is -1.40. The fourth-order valence-electron chi connectivity index (χ4n) is 4.71. The highest BCUT2D eigenvalue weighted by Gasteiger charge is 2.48. The highest BCUT2D eigenvalue weighted by atomic mass is 16.6. The molecule has 0 aromatic carbocycles. The second kappa shape index (κ2) is 8.37. The third kappa shape index (κ3) is 3.84. The first kappa shape index (κ1) is 21.8. The average Bonchev–Trinajstić information content (AvgIpc) is 3.45. The van der Waals surface area contributed by atoms with Crippen molar-refractivity contribution in [3.8, 4) is 11.3 Å². The number of hydrogen-bond acceptors (Lipinski definition) is 9. The molecule has 0 bridgehead atoms. The van der Waals surface area contributed by atoms with Crippen LogP contribution in [-0.2, 0) is 16.6 Å². The Morgan fingerprint density at radius 2 is 2.15 bits per heavy atom. The molecule has 3 aromatic heterocycles. The fraction of sp³-hybridized carbons (Fsp3) is 0.524. The van der Waals surface area contributed by atoms with Gasteiger partial charge in [0, 0.05) is 37.1 Å². The maximum Gasteiger partial charge on any atom is 0.252 e. The summed E-state index contributed by atoms with van der Waals surface area (Å²) < 4.78 is 9.15. The Balaban J connectivity index is 1.45. The maximum atomic E-state index is 12.9. The van der Waals surface area contributed by atoms with Crippen LogP contribution in [0.5, 0.6) is 0 Å². The minimum Gasteiger partial charge on any atom is -0.387 e. The van der Waals surface area contributed by atoms with E-state index in [2.05, 4.69) is 32.6 Å². The smallest absolute Gasteiger partial charge is 0.252 e. The van der Waals surface area contributed by atoms with Gasteiger partial charge in [-0.25, -0.2) is 9.97 Å². The zero-order valence-electron chi connectivity index (χ0n) is 18.4. The van der Waals surface area contributed by atoms with Crippen molar-refractivity contribution in [3.63, 3.8) is 0 Å². The first-order valence-corrected chi connectivity index (χ1v) is 11.0. The topological polar surface area (TPSA) is 165 Å². The summed E-state index contributed by atoms with van der Waals surface area (Å²) in [5, 5.41) is 32.7. The standard InChI is InChI=1S/C21H28N8O4/c1-10-7-11(3-5-23-10)26-20(32)17-15(30)16(31)21(33-17)29-8-12(13-4-6-28(2)27-13)14-18(22)24-9-25-19(14)29/h4,6,8-11,15-17,21,23,30-31H,3,5,7H2,1-2H3,(H,26,32)(H2,22,24,25)/t10-,11?,15-,16+,17-,21+/m0/s1. The normalized spacial score (nSPS) is 30.1. The fourth-order valence-corrected chi connectivity index (χ4v) is 4.71. The van der Waals surface area contributed by atoms with Crippen LogP contribution in [0.15, 0.2) is 24.8 Å². The summed E-state index contributed by atoms with van der Waals surface area (Å²) in [4.78, 5) is 21.3. The van der Waals surface area contributed by atoms with Crippen molar-refractivity contribution in [2.75, 3.05) is 12.3 Å². The molecule has 2 aliphatic rings. The molecule has 0 aliphatic carbocycles. The quantitative estimate of drug-likeness (QED) is 0.341. The van der Waals surface area contributed by atoms with E-state index in [9.17, 15) is 15.0 Å². The summed E-state index contributed by atoms with van der Waals surface area (Å²) in [7, 11) is 1.80. The highest BCUT2D eigenvalue weighted by Crippen LogP contribution is 2.38. The monoisotopic (exact) mass is 456 g/mol. The van der Waals surface area contributed by atoms with Gasteiger partial charge in [-0.3, -0.25) is 9.48 Å². The number of hydrogen-bond donors (Lipinski definition) is 5. The number of nitrogens with two attached hydrogens (primary N) is 1. The number of amides is 1. The van der Waals surface area contributed by atoms with Crippen molar-refractivity contribution in [3.05, 3.63) is 24.8 Å². The van der Waals surface area contributed by atoms with Gasteiger partial charge in [0.1, 0.15) is 30.0 Å². The Morgan fingerprint density at radius 1 is 1.33 bits per heavy atom. The molecule has 0 radical (unpaired) electrons. The van der Waals surface area contributed by atoms with Gasteiger partial charge in [-0.05, 0) is 32.4 Å². The predicted octanol–water partition coefficient (Wildman–Crippen LogP) is -0.710. The predicted molar refractivity (Wildman–Crippen MR) is 119 cm³/mol. The molecule has 12 nitrogen and oxygen atoms in total. The number of aryl methyl sites for hydroxylation is 1. The summed E-state index contributed by atoms with van der Waals surface area (Å²) >= 11 is 0. The van der Waals surface area contributed by atoms with Gasteiger partial charge in [0.25, 0.3) is 5.91 Å². The second-order valence-corrected chi connectivity index (χ2v) is 8.80.